The third kappa shape index (κ3) is 4.45. The molecule has 1 heterocycles. The maximum absolute atomic E-state index is 13.6. The van der Waals surface area contributed by atoms with Crippen LogP contribution in [0.15, 0.2) is 78.9 Å². The number of hydrogen-bond donors (Lipinski definition) is 1. The molecule has 1 N–H and O–H groups in total. The van der Waals surface area contributed by atoms with Gasteiger partial charge in [0.25, 0.3) is 17.7 Å². The van der Waals surface area contributed by atoms with Crippen LogP contribution in [-0.2, 0) is 17.8 Å². The zero-order valence-electron chi connectivity index (χ0n) is 19.0. The molecule has 34 heavy (non-hydrogen) atoms. The Hall–Kier alpha value is -4.26. The van der Waals surface area contributed by atoms with E-state index in [2.05, 4.69) is 5.32 Å². The van der Waals surface area contributed by atoms with Gasteiger partial charge >= 0.3 is 0 Å². The van der Waals surface area contributed by atoms with E-state index in [1.807, 2.05) is 30.3 Å². The highest BCUT2D eigenvalue weighted by atomic mass is 16.2. The first-order chi connectivity index (χ1) is 16.4. The number of hydrogen-bond acceptors (Lipinski definition) is 4. The smallest absolute Gasteiger partial charge is 0.262 e. The van der Waals surface area contributed by atoms with E-state index >= 15 is 0 Å². The van der Waals surface area contributed by atoms with E-state index in [0.29, 0.717) is 16.7 Å². The van der Waals surface area contributed by atoms with Gasteiger partial charge < -0.3 is 10.2 Å². The molecule has 0 saturated heterocycles. The number of imide groups is 1. The van der Waals surface area contributed by atoms with Crippen molar-refractivity contribution in [1.29, 1.82) is 0 Å². The molecule has 3 aromatic carbocycles. The standard InChI is InChI=1S/C27H25N3O4/c1-28-24(31)20-14-12-19(13-15-20)17-29(2)27(34)23(16-18-8-4-3-5-9-18)30-25(32)21-10-6-7-11-22(21)26(30)33/h3-15,23H,16-17H2,1-2H3,(H,28,31)/t23-/m0/s1. The van der Waals surface area contributed by atoms with Gasteiger partial charge in [-0.3, -0.25) is 24.1 Å². The number of nitrogens with one attached hydrogen (secondary N) is 1. The van der Waals surface area contributed by atoms with Gasteiger partial charge in [-0.15, -0.1) is 0 Å². The first-order valence-electron chi connectivity index (χ1n) is 11.0. The summed E-state index contributed by atoms with van der Waals surface area (Å²) in [6.45, 7) is 0.265. The molecule has 0 bridgehead atoms. The second-order valence-corrected chi connectivity index (χ2v) is 8.20. The minimum Gasteiger partial charge on any atom is -0.355 e. The van der Waals surface area contributed by atoms with Gasteiger partial charge in [-0.2, -0.15) is 0 Å². The number of rotatable bonds is 7. The van der Waals surface area contributed by atoms with E-state index < -0.39 is 17.9 Å². The van der Waals surface area contributed by atoms with Gasteiger partial charge in [0.15, 0.2) is 0 Å². The van der Waals surface area contributed by atoms with Gasteiger partial charge in [-0.05, 0) is 35.4 Å². The van der Waals surface area contributed by atoms with Crippen molar-refractivity contribution in [3.05, 3.63) is 107 Å². The lowest BCUT2D eigenvalue weighted by Crippen LogP contribution is -2.51. The molecule has 0 radical (unpaired) electrons. The monoisotopic (exact) mass is 455 g/mol. The Kier molecular flexibility index (Phi) is 6.54. The van der Waals surface area contributed by atoms with E-state index in [1.165, 1.54) is 4.90 Å². The Bertz CT molecular complexity index is 1200. The average Bonchev–Trinajstić information content (AvgIpc) is 3.12. The summed E-state index contributed by atoms with van der Waals surface area (Å²) in [6, 6.07) is 21.9. The van der Waals surface area contributed by atoms with Crippen molar-refractivity contribution in [3.8, 4) is 0 Å². The molecule has 0 fully saturated rings. The fourth-order valence-electron chi connectivity index (χ4n) is 4.13. The second kappa shape index (κ2) is 9.70. The van der Waals surface area contributed by atoms with Gasteiger partial charge in [0.1, 0.15) is 6.04 Å². The van der Waals surface area contributed by atoms with Crippen LogP contribution < -0.4 is 5.32 Å². The van der Waals surface area contributed by atoms with Crippen LogP contribution in [0.3, 0.4) is 0 Å². The van der Waals surface area contributed by atoms with E-state index in [1.54, 1.807) is 62.6 Å². The highest BCUT2D eigenvalue weighted by Crippen LogP contribution is 2.27. The second-order valence-electron chi connectivity index (χ2n) is 8.20. The Morgan fingerprint density at radius 2 is 1.38 bits per heavy atom. The largest absolute Gasteiger partial charge is 0.355 e. The molecule has 7 heteroatoms. The fourth-order valence-corrected chi connectivity index (χ4v) is 4.13. The van der Waals surface area contributed by atoms with Crippen molar-refractivity contribution in [2.24, 2.45) is 0 Å². The number of fused-ring (bicyclic) bond motifs is 1. The van der Waals surface area contributed by atoms with Gasteiger partial charge in [0.2, 0.25) is 5.91 Å². The first kappa shape index (κ1) is 22.9. The number of amides is 4. The van der Waals surface area contributed by atoms with Crippen LogP contribution in [0.4, 0.5) is 0 Å². The highest BCUT2D eigenvalue weighted by molar-refractivity contribution is 6.22. The van der Waals surface area contributed by atoms with Crippen molar-refractivity contribution in [2.75, 3.05) is 14.1 Å². The van der Waals surface area contributed by atoms with Gasteiger partial charge in [0, 0.05) is 32.6 Å². The zero-order valence-corrected chi connectivity index (χ0v) is 19.0. The molecular formula is C27H25N3O4. The average molecular weight is 456 g/mol. The van der Waals surface area contributed by atoms with Gasteiger partial charge in [0.05, 0.1) is 11.1 Å². The molecule has 0 aliphatic carbocycles. The van der Waals surface area contributed by atoms with E-state index in [9.17, 15) is 19.2 Å². The van der Waals surface area contributed by atoms with Crippen molar-refractivity contribution >= 4 is 23.6 Å². The first-order valence-corrected chi connectivity index (χ1v) is 11.0. The maximum Gasteiger partial charge on any atom is 0.262 e. The van der Waals surface area contributed by atoms with E-state index in [4.69, 9.17) is 0 Å². The van der Waals surface area contributed by atoms with Gasteiger partial charge in [-0.1, -0.05) is 54.6 Å². The topological polar surface area (TPSA) is 86.8 Å². The third-order valence-corrected chi connectivity index (χ3v) is 5.93. The molecule has 3 aromatic rings. The van der Waals surface area contributed by atoms with E-state index in [0.717, 1.165) is 16.0 Å². The summed E-state index contributed by atoms with van der Waals surface area (Å²) in [6.07, 6.45) is 0.213. The normalized spacial score (nSPS) is 13.4. The van der Waals surface area contributed by atoms with Crippen LogP contribution in [0.2, 0.25) is 0 Å². The number of likely N-dealkylation sites (N-methyl/N-ethyl adjacent to an activating group) is 1. The number of carbonyl (C=O) groups excluding carboxylic acids is 4. The summed E-state index contributed by atoms with van der Waals surface area (Å²) in [5.41, 5.74) is 2.81. The van der Waals surface area contributed by atoms with Crippen LogP contribution >= 0.6 is 0 Å². The summed E-state index contributed by atoms with van der Waals surface area (Å²) in [5, 5.41) is 2.57. The zero-order chi connectivity index (χ0) is 24.2. The predicted molar refractivity (Wildman–Crippen MR) is 127 cm³/mol. The molecule has 0 aromatic heterocycles. The molecule has 0 unspecified atom stereocenters. The molecule has 7 nitrogen and oxygen atoms in total. The van der Waals surface area contributed by atoms with Crippen molar-refractivity contribution in [1.82, 2.24) is 15.1 Å². The Morgan fingerprint density at radius 1 is 0.824 bits per heavy atom. The molecule has 172 valence electrons. The van der Waals surface area contributed by atoms with Crippen LogP contribution in [0.5, 0.6) is 0 Å². The highest BCUT2D eigenvalue weighted by Gasteiger charge is 2.43. The molecule has 4 rings (SSSR count). The Balaban J connectivity index is 1.60. The quantitative estimate of drug-likeness (QED) is 0.555. The maximum atomic E-state index is 13.6. The minimum atomic E-state index is -0.982. The molecular weight excluding hydrogens is 430 g/mol. The summed E-state index contributed by atoms with van der Waals surface area (Å²) >= 11 is 0. The lowest BCUT2D eigenvalue weighted by atomic mass is 10.0. The van der Waals surface area contributed by atoms with Crippen LogP contribution in [0.1, 0.15) is 42.2 Å². The lowest BCUT2D eigenvalue weighted by molar-refractivity contribution is -0.134. The summed E-state index contributed by atoms with van der Waals surface area (Å²) in [7, 11) is 3.21. The van der Waals surface area contributed by atoms with Crippen LogP contribution in [-0.4, -0.2) is 53.6 Å². The SMILES string of the molecule is CNC(=O)c1ccc(CN(C)C(=O)[C@H](Cc2ccccc2)N2C(=O)c3ccccc3C2=O)cc1. The van der Waals surface area contributed by atoms with Crippen LogP contribution in [0.25, 0.3) is 0 Å². The summed E-state index contributed by atoms with van der Waals surface area (Å²) in [4.78, 5) is 54.3. The number of carbonyl (C=O) groups is 4. The molecule has 0 spiro atoms. The Labute approximate surface area is 198 Å². The molecule has 1 atom stereocenters. The predicted octanol–water partition coefficient (Wildman–Crippen LogP) is 2.91. The molecule has 0 saturated carbocycles. The van der Waals surface area contributed by atoms with E-state index in [-0.39, 0.29) is 24.8 Å². The van der Waals surface area contributed by atoms with Crippen molar-refractivity contribution in [3.63, 3.8) is 0 Å². The molecule has 1 aliphatic rings. The van der Waals surface area contributed by atoms with Crippen molar-refractivity contribution < 1.29 is 19.2 Å². The summed E-state index contributed by atoms with van der Waals surface area (Å²) in [5.74, 6) is -1.45. The van der Waals surface area contributed by atoms with Gasteiger partial charge in [-0.25, -0.2) is 0 Å². The fraction of sp³-hybridized carbons (Fsp3) is 0.185. The van der Waals surface area contributed by atoms with Crippen molar-refractivity contribution in [2.45, 2.75) is 19.0 Å². The Morgan fingerprint density at radius 3 is 1.94 bits per heavy atom. The lowest BCUT2D eigenvalue weighted by Gasteiger charge is -2.29. The molecule has 1 aliphatic heterocycles. The molecule has 4 amide bonds. The number of nitrogens with zero attached hydrogens (tertiary/aromatic N) is 2. The third-order valence-electron chi connectivity index (χ3n) is 5.93. The summed E-state index contributed by atoms with van der Waals surface area (Å²) < 4.78 is 0. The number of benzene rings is 3. The minimum absolute atomic E-state index is 0.190. The van der Waals surface area contributed by atoms with Crippen LogP contribution in [0, 0.1) is 0 Å².